The van der Waals surface area contributed by atoms with E-state index in [0.717, 1.165) is 0 Å². The first kappa shape index (κ1) is 10.8. The van der Waals surface area contributed by atoms with E-state index >= 15 is 0 Å². The van der Waals surface area contributed by atoms with Crippen LogP contribution in [-0.2, 0) is 0 Å². The zero-order chi connectivity index (χ0) is 9.97. The Morgan fingerprint density at radius 3 is 1.71 bits per heavy atom. The zero-order valence-electron chi connectivity index (χ0n) is 8.28. The van der Waals surface area contributed by atoms with Gasteiger partial charge in [0.25, 0.3) is 0 Å². The molecule has 2 aromatic carbocycles. The van der Waals surface area contributed by atoms with Crippen molar-refractivity contribution >= 4 is 59.8 Å². The van der Waals surface area contributed by atoms with Gasteiger partial charge in [0, 0.05) is 0 Å². The molecule has 0 amide bonds. The molecule has 72 valence electrons. The Kier molecular flexibility index (Phi) is 3.75. The van der Waals surface area contributed by atoms with Crippen molar-refractivity contribution in [1.82, 2.24) is 0 Å². The molecule has 0 saturated heterocycles. The predicted molar refractivity (Wildman–Crippen MR) is 66.5 cm³/mol. The molecule has 0 radical (unpaired) electrons. The summed E-state index contributed by atoms with van der Waals surface area (Å²) in [6, 6.07) is 13.5. The van der Waals surface area contributed by atoms with Crippen LogP contribution in [0.5, 0.6) is 0 Å². The quantitative estimate of drug-likeness (QED) is 0.659. The van der Waals surface area contributed by atoms with Gasteiger partial charge in [0.2, 0.25) is 0 Å². The molecule has 0 aliphatic carbocycles. The van der Waals surface area contributed by atoms with Crippen molar-refractivity contribution in [2.24, 2.45) is 0 Å². The fraction of sp³-hybridized carbons (Fsp3) is 0.167. The number of hydrogen-bond acceptors (Lipinski definition) is 0. The molecule has 0 bridgehead atoms. The molecular formula is C12H12Te2. The van der Waals surface area contributed by atoms with Crippen LogP contribution in [0.3, 0.4) is 0 Å². The Morgan fingerprint density at radius 1 is 0.786 bits per heavy atom. The molecule has 2 rings (SSSR count). The van der Waals surface area contributed by atoms with Gasteiger partial charge in [-0.1, -0.05) is 0 Å². The van der Waals surface area contributed by atoms with E-state index in [0.29, 0.717) is 0 Å². The van der Waals surface area contributed by atoms with Crippen molar-refractivity contribution in [2.75, 3.05) is 0 Å². The third-order valence-corrected chi connectivity index (χ3v) is 6.72. The molecule has 0 aliphatic heterocycles. The van der Waals surface area contributed by atoms with E-state index in [1.165, 1.54) is 5.39 Å². The van der Waals surface area contributed by atoms with Gasteiger partial charge in [0.15, 0.2) is 0 Å². The summed E-state index contributed by atoms with van der Waals surface area (Å²) >= 11 is 0.0701. The van der Waals surface area contributed by atoms with Gasteiger partial charge in [-0.15, -0.1) is 0 Å². The minimum atomic E-state index is 0.0351. The third-order valence-electron chi connectivity index (χ3n) is 2.27. The minimum absolute atomic E-state index is 0.0351. The molecule has 0 fully saturated rings. The fourth-order valence-electron chi connectivity index (χ4n) is 1.61. The maximum atomic E-state index is 2.37. The summed E-state index contributed by atoms with van der Waals surface area (Å²) in [5.41, 5.74) is 0. The average molecular weight is 411 g/mol. The summed E-state index contributed by atoms with van der Waals surface area (Å²) in [7, 11) is 0. The number of benzene rings is 2. The second kappa shape index (κ2) is 4.87. The normalized spacial score (nSPS) is 10.7. The van der Waals surface area contributed by atoms with Gasteiger partial charge in [-0.2, -0.15) is 0 Å². The van der Waals surface area contributed by atoms with Crippen molar-refractivity contribution in [3.05, 3.63) is 36.4 Å². The molecule has 0 N–H and O–H groups in total. The molecule has 0 aliphatic rings. The van der Waals surface area contributed by atoms with Gasteiger partial charge in [-0.3, -0.25) is 0 Å². The van der Waals surface area contributed by atoms with Crippen molar-refractivity contribution in [2.45, 2.75) is 9.94 Å². The van der Waals surface area contributed by atoms with Crippen molar-refractivity contribution in [1.29, 1.82) is 0 Å². The summed E-state index contributed by atoms with van der Waals surface area (Å²) in [6.07, 6.45) is 0. The summed E-state index contributed by atoms with van der Waals surface area (Å²) in [4.78, 5) is 4.74. The Labute approximate surface area is 105 Å². The standard InChI is InChI=1S/C12H12Te2/c1-13-10-7-3-5-9-6-4-8-11(14-2)12(9)10/h3-8H,1-2H3. The van der Waals surface area contributed by atoms with Crippen LogP contribution in [0.4, 0.5) is 0 Å². The molecule has 2 heteroatoms. The maximum absolute atomic E-state index is 2.37. The van der Waals surface area contributed by atoms with Gasteiger partial charge in [0.1, 0.15) is 0 Å². The van der Waals surface area contributed by atoms with Crippen LogP contribution in [-0.4, -0.2) is 41.8 Å². The first-order chi connectivity index (χ1) is 6.86. The average Bonchev–Trinajstić information content (AvgIpc) is 2.27. The molecule has 0 saturated carbocycles. The van der Waals surface area contributed by atoms with Crippen LogP contribution in [0.1, 0.15) is 0 Å². The topological polar surface area (TPSA) is 0 Å². The zero-order valence-corrected chi connectivity index (χ0v) is 12.9. The first-order valence-corrected chi connectivity index (χ1v) is 11.5. The molecule has 0 spiro atoms. The summed E-state index contributed by atoms with van der Waals surface area (Å²) in [5, 5.41) is 3.03. The van der Waals surface area contributed by atoms with Crippen molar-refractivity contribution < 1.29 is 0 Å². The van der Waals surface area contributed by atoms with Crippen LogP contribution in [0.25, 0.3) is 10.8 Å². The second-order valence-electron chi connectivity index (χ2n) is 3.02. The Morgan fingerprint density at radius 2 is 1.29 bits per heavy atom. The molecule has 0 unspecified atom stereocenters. The van der Waals surface area contributed by atoms with Crippen LogP contribution in [0.2, 0.25) is 9.94 Å². The van der Waals surface area contributed by atoms with Crippen LogP contribution < -0.4 is 7.22 Å². The van der Waals surface area contributed by atoms with Gasteiger partial charge >= 0.3 is 106 Å². The number of fused-ring (bicyclic) bond motifs is 1. The number of hydrogen-bond donors (Lipinski definition) is 0. The molecular weight excluding hydrogens is 399 g/mol. The molecule has 0 atom stereocenters. The van der Waals surface area contributed by atoms with E-state index in [2.05, 4.69) is 46.3 Å². The summed E-state index contributed by atoms with van der Waals surface area (Å²) in [6.45, 7) is 0. The van der Waals surface area contributed by atoms with E-state index in [9.17, 15) is 0 Å². The van der Waals surface area contributed by atoms with Gasteiger partial charge < -0.3 is 0 Å². The second-order valence-corrected chi connectivity index (χ2v) is 7.86. The van der Waals surface area contributed by atoms with Crippen LogP contribution in [0.15, 0.2) is 36.4 Å². The molecule has 0 heterocycles. The first-order valence-electron chi connectivity index (χ1n) is 4.46. The van der Waals surface area contributed by atoms with Crippen molar-refractivity contribution in [3.8, 4) is 0 Å². The Balaban J connectivity index is 2.81. The van der Waals surface area contributed by atoms with Gasteiger partial charge in [-0.05, 0) is 0 Å². The van der Waals surface area contributed by atoms with Crippen LogP contribution in [0, 0.1) is 0 Å². The Bertz CT molecular complexity index is 410. The molecule has 0 aromatic heterocycles. The van der Waals surface area contributed by atoms with Crippen LogP contribution >= 0.6 is 0 Å². The van der Waals surface area contributed by atoms with E-state index < -0.39 is 0 Å². The molecule has 14 heavy (non-hydrogen) atoms. The van der Waals surface area contributed by atoms with Crippen molar-refractivity contribution in [3.63, 3.8) is 0 Å². The van der Waals surface area contributed by atoms with Gasteiger partial charge in [0.05, 0.1) is 0 Å². The number of rotatable bonds is 2. The van der Waals surface area contributed by atoms with E-state index in [4.69, 9.17) is 0 Å². The van der Waals surface area contributed by atoms with E-state index in [1.807, 2.05) is 0 Å². The summed E-state index contributed by atoms with van der Waals surface area (Å²) in [5.74, 6) is 0. The fourth-order valence-corrected chi connectivity index (χ4v) is 5.93. The molecule has 2 aromatic rings. The van der Waals surface area contributed by atoms with E-state index in [-0.39, 0.29) is 41.8 Å². The van der Waals surface area contributed by atoms with E-state index in [1.54, 1.807) is 12.6 Å². The summed E-state index contributed by atoms with van der Waals surface area (Å²) < 4.78 is 3.27. The third kappa shape index (κ3) is 1.95. The Hall–Kier alpha value is 0.279. The predicted octanol–water partition coefficient (Wildman–Crippen LogP) is 1.59. The monoisotopic (exact) mass is 416 g/mol. The SMILES string of the molecule is C[Te]c1cccc2cccc([Te]C)c12. The van der Waals surface area contributed by atoms with Gasteiger partial charge in [-0.25, -0.2) is 0 Å². The molecule has 0 nitrogen and oxygen atoms in total.